The van der Waals surface area contributed by atoms with E-state index in [4.69, 9.17) is 4.74 Å². The first kappa shape index (κ1) is 18.2. The molecule has 0 spiro atoms. The second-order valence-electron chi connectivity index (χ2n) is 5.86. The van der Waals surface area contributed by atoms with Crippen LogP contribution in [-0.4, -0.2) is 23.8 Å². The number of nitrogens with one attached hydrogen (secondary N) is 1. The molecule has 0 aliphatic carbocycles. The van der Waals surface area contributed by atoms with E-state index in [1.165, 1.54) is 18.2 Å². The van der Waals surface area contributed by atoms with E-state index in [0.717, 1.165) is 17.0 Å². The third-order valence-corrected chi connectivity index (χ3v) is 6.68. The molecule has 28 heavy (non-hydrogen) atoms. The lowest BCUT2D eigenvalue weighted by Crippen LogP contribution is -2.15. The number of hydrogen-bond donors (Lipinski definition) is 1. The first-order valence-corrected chi connectivity index (χ1v) is 10.6. The third-order valence-electron chi connectivity index (χ3n) is 3.92. The molecule has 3 aromatic heterocycles. The SMILES string of the molecule is O=C(OCc1cn2ccccc2n1)c1ccccc1NS(=O)(=O)c1cccs1. The van der Waals surface area contributed by atoms with Crippen LogP contribution in [0.25, 0.3) is 5.65 Å². The zero-order valence-electron chi connectivity index (χ0n) is 14.5. The first-order valence-electron chi connectivity index (χ1n) is 8.28. The number of rotatable bonds is 6. The maximum Gasteiger partial charge on any atom is 0.340 e. The number of sulfonamides is 1. The Balaban J connectivity index is 1.51. The Bertz CT molecular complexity index is 1200. The van der Waals surface area contributed by atoms with Crippen molar-refractivity contribution in [1.29, 1.82) is 0 Å². The molecule has 0 bridgehead atoms. The van der Waals surface area contributed by atoms with Gasteiger partial charge in [0.05, 0.1) is 16.9 Å². The summed E-state index contributed by atoms with van der Waals surface area (Å²) in [5, 5.41) is 1.67. The number of thiophene rings is 1. The van der Waals surface area contributed by atoms with Crippen LogP contribution >= 0.6 is 11.3 Å². The molecule has 0 aliphatic heterocycles. The Labute approximate surface area is 165 Å². The van der Waals surface area contributed by atoms with Crippen molar-refractivity contribution in [3.05, 3.63) is 83.6 Å². The van der Waals surface area contributed by atoms with Crippen molar-refractivity contribution in [3.63, 3.8) is 0 Å². The minimum Gasteiger partial charge on any atom is -0.455 e. The lowest BCUT2D eigenvalue weighted by molar-refractivity contribution is 0.0469. The summed E-state index contributed by atoms with van der Waals surface area (Å²) in [5.74, 6) is -0.637. The Morgan fingerprint density at radius 1 is 1.11 bits per heavy atom. The van der Waals surface area contributed by atoms with Gasteiger partial charge >= 0.3 is 5.97 Å². The number of hydrogen-bond acceptors (Lipinski definition) is 6. The molecule has 7 nitrogen and oxygen atoms in total. The van der Waals surface area contributed by atoms with E-state index >= 15 is 0 Å². The molecule has 0 radical (unpaired) electrons. The maximum atomic E-state index is 12.5. The van der Waals surface area contributed by atoms with Crippen LogP contribution in [0.1, 0.15) is 16.1 Å². The van der Waals surface area contributed by atoms with Gasteiger partial charge in [0.15, 0.2) is 0 Å². The van der Waals surface area contributed by atoms with Crippen LogP contribution in [-0.2, 0) is 21.4 Å². The van der Waals surface area contributed by atoms with E-state index in [1.807, 2.05) is 28.8 Å². The number of carbonyl (C=O) groups excluding carboxylic acids is 1. The topological polar surface area (TPSA) is 89.8 Å². The summed E-state index contributed by atoms with van der Waals surface area (Å²) < 4.78 is 34.7. The van der Waals surface area contributed by atoms with E-state index in [2.05, 4.69) is 9.71 Å². The second kappa shape index (κ2) is 7.45. The number of para-hydroxylation sites is 1. The smallest absolute Gasteiger partial charge is 0.340 e. The first-order chi connectivity index (χ1) is 13.5. The van der Waals surface area contributed by atoms with E-state index in [1.54, 1.807) is 29.8 Å². The highest BCUT2D eigenvalue weighted by Crippen LogP contribution is 2.23. The highest BCUT2D eigenvalue weighted by Gasteiger charge is 2.20. The number of aromatic nitrogens is 2. The van der Waals surface area contributed by atoms with Gasteiger partial charge in [0.25, 0.3) is 10.0 Å². The lowest BCUT2D eigenvalue weighted by atomic mass is 10.2. The summed E-state index contributed by atoms with van der Waals surface area (Å²) in [4.78, 5) is 16.9. The van der Waals surface area contributed by atoms with Crippen molar-refractivity contribution in [3.8, 4) is 0 Å². The van der Waals surface area contributed by atoms with Gasteiger partial charge in [-0.25, -0.2) is 18.2 Å². The Morgan fingerprint density at radius 2 is 1.93 bits per heavy atom. The van der Waals surface area contributed by atoms with Gasteiger partial charge in [0.2, 0.25) is 0 Å². The Morgan fingerprint density at radius 3 is 2.71 bits per heavy atom. The molecule has 0 atom stereocenters. The van der Waals surface area contributed by atoms with Crippen LogP contribution in [0.15, 0.2) is 76.6 Å². The number of imidazole rings is 1. The fourth-order valence-corrected chi connectivity index (χ4v) is 4.71. The molecule has 0 unspecified atom stereocenters. The summed E-state index contributed by atoms with van der Waals surface area (Å²) in [6.07, 6.45) is 3.62. The van der Waals surface area contributed by atoms with Crippen LogP contribution in [0, 0.1) is 0 Å². The standard InChI is InChI=1S/C19H15N3O4S2/c23-19(26-13-14-12-22-10-4-3-8-17(22)20-14)15-6-1-2-7-16(15)21-28(24,25)18-9-5-11-27-18/h1-12,21H,13H2. The van der Waals surface area contributed by atoms with E-state index < -0.39 is 16.0 Å². The number of esters is 1. The van der Waals surface area contributed by atoms with Gasteiger partial charge in [-0.05, 0) is 35.7 Å². The molecule has 0 saturated heterocycles. The van der Waals surface area contributed by atoms with Crippen LogP contribution in [0.5, 0.6) is 0 Å². The number of benzene rings is 1. The minimum atomic E-state index is -3.77. The number of nitrogens with zero attached hydrogens (tertiary/aromatic N) is 2. The van der Waals surface area contributed by atoms with Crippen LogP contribution in [0.2, 0.25) is 0 Å². The fraction of sp³-hybridized carbons (Fsp3) is 0.0526. The lowest BCUT2D eigenvalue weighted by Gasteiger charge is -2.11. The molecular formula is C19H15N3O4S2. The summed E-state index contributed by atoms with van der Waals surface area (Å²) in [5.41, 5.74) is 1.64. The largest absolute Gasteiger partial charge is 0.455 e. The minimum absolute atomic E-state index is 0.0213. The second-order valence-corrected chi connectivity index (χ2v) is 8.71. The van der Waals surface area contributed by atoms with Crippen LogP contribution in [0.3, 0.4) is 0 Å². The molecule has 0 fully saturated rings. The predicted molar refractivity (Wildman–Crippen MR) is 106 cm³/mol. The summed E-state index contributed by atoms with van der Waals surface area (Å²) >= 11 is 1.10. The van der Waals surface area contributed by atoms with Gasteiger partial charge in [0, 0.05) is 12.4 Å². The van der Waals surface area contributed by atoms with Gasteiger partial charge in [-0.15, -0.1) is 11.3 Å². The van der Waals surface area contributed by atoms with Gasteiger partial charge in [-0.1, -0.05) is 24.3 Å². The average molecular weight is 413 g/mol. The van der Waals surface area contributed by atoms with Gasteiger partial charge < -0.3 is 9.14 Å². The third kappa shape index (κ3) is 3.75. The highest BCUT2D eigenvalue weighted by atomic mass is 32.2. The van der Waals surface area contributed by atoms with Crippen LogP contribution in [0.4, 0.5) is 5.69 Å². The molecule has 9 heteroatoms. The zero-order valence-corrected chi connectivity index (χ0v) is 16.1. The van der Waals surface area contributed by atoms with Crippen molar-refractivity contribution in [2.24, 2.45) is 0 Å². The molecule has 3 heterocycles. The fourth-order valence-electron chi connectivity index (χ4n) is 2.64. The molecular weight excluding hydrogens is 398 g/mol. The summed E-state index contributed by atoms with van der Waals surface area (Å²) in [7, 11) is -3.77. The monoisotopic (exact) mass is 413 g/mol. The van der Waals surface area contributed by atoms with Crippen molar-refractivity contribution >= 4 is 38.7 Å². The molecule has 142 valence electrons. The van der Waals surface area contributed by atoms with E-state index in [-0.39, 0.29) is 22.1 Å². The van der Waals surface area contributed by atoms with Crippen molar-refractivity contribution in [2.75, 3.05) is 4.72 Å². The van der Waals surface area contributed by atoms with Crippen LogP contribution < -0.4 is 4.72 Å². The van der Waals surface area contributed by atoms with E-state index in [9.17, 15) is 13.2 Å². The van der Waals surface area contributed by atoms with Gasteiger partial charge in [-0.3, -0.25) is 4.72 Å². The van der Waals surface area contributed by atoms with Gasteiger partial charge in [0.1, 0.15) is 16.5 Å². The van der Waals surface area contributed by atoms with Gasteiger partial charge in [-0.2, -0.15) is 0 Å². The average Bonchev–Trinajstić information content (AvgIpc) is 3.36. The quantitative estimate of drug-likeness (QED) is 0.488. The molecule has 0 saturated carbocycles. The predicted octanol–water partition coefficient (Wildman–Crippen LogP) is 3.55. The van der Waals surface area contributed by atoms with Crippen molar-refractivity contribution in [2.45, 2.75) is 10.8 Å². The molecule has 4 aromatic rings. The molecule has 1 N–H and O–H groups in total. The number of ether oxygens (including phenoxy) is 1. The maximum absolute atomic E-state index is 12.5. The number of pyridine rings is 1. The Hall–Kier alpha value is -3.17. The van der Waals surface area contributed by atoms with Crippen molar-refractivity contribution < 1.29 is 17.9 Å². The summed E-state index contributed by atoms with van der Waals surface area (Å²) in [6.45, 7) is -0.0213. The molecule has 0 aliphatic rings. The zero-order chi connectivity index (χ0) is 19.6. The highest BCUT2D eigenvalue weighted by molar-refractivity contribution is 7.94. The normalized spacial score (nSPS) is 11.4. The molecule has 0 amide bonds. The van der Waals surface area contributed by atoms with E-state index in [0.29, 0.717) is 5.69 Å². The summed E-state index contributed by atoms with van der Waals surface area (Å²) in [6, 6.07) is 15.1. The Kier molecular flexibility index (Phi) is 4.84. The molecule has 4 rings (SSSR count). The number of carbonyl (C=O) groups is 1. The van der Waals surface area contributed by atoms with Crippen molar-refractivity contribution in [1.82, 2.24) is 9.38 Å². The molecule has 1 aromatic carbocycles. The number of anilines is 1. The number of fused-ring (bicyclic) bond motifs is 1.